The largest absolute Gasteiger partial charge is 0.379 e. The summed E-state index contributed by atoms with van der Waals surface area (Å²) in [5.41, 5.74) is 0. The average molecular weight is 165 g/mol. The highest BCUT2D eigenvalue weighted by atomic mass is 35.5. The van der Waals surface area contributed by atoms with Crippen LogP contribution in [0.1, 0.15) is 19.8 Å². The van der Waals surface area contributed by atoms with Gasteiger partial charge in [0, 0.05) is 6.61 Å². The molecule has 10 heavy (non-hydrogen) atoms. The zero-order valence-electron chi connectivity index (χ0n) is 6.18. The molecular weight excluding hydrogens is 152 g/mol. The fourth-order valence-electron chi connectivity index (χ4n) is 0.739. The van der Waals surface area contributed by atoms with Gasteiger partial charge in [0.2, 0.25) is 0 Å². The third-order valence-corrected chi connectivity index (χ3v) is 1.35. The highest BCUT2D eigenvalue weighted by molar-refractivity contribution is 6.24. The Balaban J connectivity index is 0.000000180. The molecule has 1 fully saturated rings. The number of aldehydes is 1. The Hall–Kier alpha value is -0.0800. The summed E-state index contributed by atoms with van der Waals surface area (Å²) in [6, 6.07) is 0. The number of carbonyl (C=O) groups excluding carboxylic acids is 1. The van der Waals surface area contributed by atoms with Crippen LogP contribution < -0.4 is 0 Å². The average Bonchev–Trinajstić information content (AvgIpc) is 2.40. The second kappa shape index (κ2) is 7.03. The molecule has 0 spiro atoms. The lowest BCUT2D eigenvalue weighted by Crippen LogP contribution is -1.94. The molecule has 0 aromatic carbocycles. The summed E-state index contributed by atoms with van der Waals surface area (Å²) in [6.07, 6.45) is 3.72. The summed E-state index contributed by atoms with van der Waals surface area (Å²) >= 11 is 4.82. The molecule has 3 heteroatoms. The van der Waals surface area contributed by atoms with Gasteiger partial charge in [-0.25, -0.2) is 0 Å². The monoisotopic (exact) mass is 164 g/mol. The Kier molecular flexibility index (Phi) is 6.98. The van der Waals surface area contributed by atoms with E-state index in [1.54, 1.807) is 0 Å². The molecule has 1 rings (SSSR count). The molecule has 1 saturated heterocycles. The third-order valence-electron chi connectivity index (χ3n) is 1.22. The first-order valence-electron chi connectivity index (χ1n) is 3.42. The van der Waals surface area contributed by atoms with Gasteiger partial charge in [-0.15, -0.1) is 11.6 Å². The van der Waals surface area contributed by atoms with Gasteiger partial charge in [0.05, 0.1) is 12.0 Å². The lowest BCUT2D eigenvalue weighted by Gasteiger charge is -1.94. The van der Waals surface area contributed by atoms with Crippen LogP contribution in [-0.4, -0.2) is 24.9 Å². The fraction of sp³-hybridized carbons (Fsp3) is 0.857. The molecule has 2 nitrogen and oxygen atoms in total. The van der Waals surface area contributed by atoms with E-state index in [1.165, 1.54) is 12.8 Å². The Morgan fingerprint density at radius 2 is 2.40 bits per heavy atom. The van der Waals surface area contributed by atoms with E-state index in [0.717, 1.165) is 6.61 Å². The van der Waals surface area contributed by atoms with Crippen molar-refractivity contribution in [2.45, 2.75) is 25.9 Å². The van der Waals surface area contributed by atoms with E-state index in [9.17, 15) is 0 Å². The van der Waals surface area contributed by atoms with Crippen LogP contribution in [0.15, 0.2) is 0 Å². The normalized spacial score (nSPS) is 23.2. The standard InChI is InChI=1S/C5H10O.C2H3ClO/c1-5-3-2-4-6-5;3-1-2-4/h5H,2-4H2,1H3;2H,1H2. The molecule has 1 atom stereocenters. The van der Waals surface area contributed by atoms with Crippen molar-refractivity contribution in [2.24, 2.45) is 0 Å². The van der Waals surface area contributed by atoms with Crippen molar-refractivity contribution in [3.8, 4) is 0 Å². The number of halogens is 1. The molecule has 1 aliphatic heterocycles. The van der Waals surface area contributed by atoms with Gasteiger partial charge in [-0.05, 0) is 19.8 Å². The van der Waals surface area contributed by atoms with Gasteiger partial charge in [-0.1, -0.05) is 0 Å². The minimum atomic E-state index is 0.111. The first-order chi connectivity index (χ1) is 4.81. The highest BCUT2D eigenvalue weighted by Gasteiger charge is 2.07. The quantitative estimate of drug-likeness (QED) is 0.435. The van der Waals surface area contributed by atoms with Gasteiger partial charge in [-0.2, -0.15) is 0 Å². The van der Waals surface area contributed by atoms with E-state index in [-0.39, 0.29) is 5.88 Å². The molecule has 0 N–H and O–H groups in total. The molecule has 0 saturated carbocycles. The lowest BCUT2D eigenvalue weighted by atomic mass is 10.3. The Morgan fingerprint density at radius 1 is 1.80 bits per heavy atom. The van der Waals surface area contributed by atoms with Crippen LogP contribution in [0.4, 0.5) is 0 Å². The maximum atomic E-state index is 9.04. The van der Waals surface area contributed by atoms with E-state index < -0.39 is 0 Å². The summed E-state index contributed by atoms with van der Waals surface area (Å²) in [4.78, 5) is 9.04. The van der Waals surface area contributed by atoms with Crippen LogP contribution >= 0.6 is 11.6 Å². The van der Waals surface area contributed by atoms with Crippen LogP contribution in [0, 0.1) is 0 Å². The SMILES string of the molecule is CC1CCCO1.O=CCCl. The van der Waals surface area contributed by atoms with Gasteiger partial charge in [-0.3, -0.25) is 0 Å². The summed E-state index contributed by atoms with van der Waals surface area (Å²) in [6.45, 7) is 3.11. The van der Waals surface area contributed by atoms with E-state index in [0.29, 0.717) is 12.4 Å². The molecule has 0 bridgehead atoms. The van der Waals surface area contributed by atoms with Crippen LogP contribution in [0.3, 0.4) is 0 Å². The summed E-state index contributed by atoms with van der Waals surface area (Å²) in [5, 5.41) is 0. The van der Waals surface area contributed by atoms with E-state index >= 15 is 0 Å². The van der Waals surface area contributed by atoms with Crippen molar-refractivity contribution in [1.82, 2.24) is 0 Å². The fourth-order valence-corrected chi connectivity index (χ4v) is 0.739. The molecular formula is C7H13ClO2. The van der Waals surface area contributed by atoms with Crippen LogP contribution in [0.2, 0.25) is 0 Å². The van der Waals surface area contributed by atoms with Crippen molar-refractivity contribution in [3.05, 3.63) is 0 Å². The Labute approximate surface area is 66.5 Å². The van der Waals surface area contributed by atoms with E-state index in [2.05, 4.69) is 6.92 Å². The predicted molar refractivity (Wildman–Crippen MR) is 41.4 cm³/mol. The van der Waals surface area contributed by atoms with Gasteiger partial charge in [0.1, 0.15) is 6.29 Å². The minimum absolute atomic E-state index is 0.111. The number of hydrogen-bond acceptors (Lipinski definition) is 2. The van der Waals surface area contributed by atoms with Crippen LogP contribution in [-0.2, 0) is 9.53 Å². The molecule has 1 unspecified atom stereocenters. The lowest BCUT2D eigenvalue weighted by molar-refractivity contribution is -0.105. The first-order valence-corrected chi connectivity index (χ1v) is 3.96. The first kappa shape index (κ1) is 9.92. The smallest absolute Gasteiger partial charge is 0.134 e. The van der Waals surface area contributed by atoms with Crippen molar-refractivity contribution >= 4 is 17.9 Å². The van der Waals surface area contributed by atoms with Crippen molar-refractivity contribution < 1.29 is 9.53 Å². The molecule has 0 amide bonds. The van der Waals surface area contributed by atoms with Crippen LogP contribution in [0.25, 0.3) is 0 Å². The number of ether oxygens (including phenoxy) is 1. The van der Waals surface area contributed by atoms with Crippen molar-refractivity contribution in [2.75, 3.05) is 12.5 Å². The maximum absolute atomic E-state index is 9.04. The molecule has 0 aromatic rings. The second-order valence-corrected chi connectivity index (χ2v) is 2.45. The highest BCUT2D eigenvalue weighted by Crippen LogP contribution is 2.09. The molecule has 0 radical (unpaired) electrons. The van der Waals surface area contributed by atoms with Gasteiger partial charge in [0.25, 0.3) is 0 Å². The molecule has 60 valence electrons. The summed E-state index contributed by atoms with van der Waals surface area (Å²) in [7, 11) is 0. The number of rotatable bonds is 1. The number of alkyl halides is 1. The van der Waals surface area contributed by atoms with Crippen molar-refractivity contribution in [3.63, 3.8) is 0 Å². The third kappa shape index (κ3) is 6.05. The van der Waals surface area contributed by atoms with Gasteiger partial charge in [0.15, 0.2) is 0 Å². The van der Waals surface area contributed by atoms with E-state index in [4.69, 9.17) is 21.1 Å². The Morgan fingerprint density at radius 3 is 2.50 bits per heavy atom. The van der Waals surface area contributed by atoms with Crippen LogP contribution in [0.5, 0.6) is 0 Å². The molecule has 0 aromatic heterocycles. The number of hydrogen-bond donors (Lipinski definition) is 0. The topological polar surface area (TPSA) is 26.3 Å². The summed E-state index contributed by atoms with van der Waals surface area (Å²) in [5.74, 6) is 0.111. The molecule has 0 aliphatic carbocycles. The number of carbonyl (C=O) groups is 1. The van der Waals surface area contributed by atoms with Crippen molar-refractivity contribution in [1.29, 1.82) is 0 Å². The van der Waals surface area contributed by atoms with Gasteiger partial charge < -0.3 is 9.53 Å². The van der Waals surface area contributed by atoms with Gasteiger partial charge >= 0.3 is 0 Å². The maximum Gasteiger partial charge on any atom is 0.134 e. The second-order valence-electron chi connectivity index (χ2n) is 2.14. The minimum Gasteiger partial charge on any atom is -0.379 e. The molecule has 1 aliphatic rings. The zero-order valence-corrected chi connectivity index (χ0v) is 6.93. The van der Waals surface area contributed by atoms with E-state index in [1.807, 2.05) is 0 Å². The summed E-state index contributed by atoms with van der Waals surface area (Å²) < 4.78 is 5.15. The Bertz CT molecular complexity index is 79.7. The predicted octanol–water partition coefficient (Wildman–Crippen LogP) is 1.61. The zero-order chi connectivity index (χ0) is 7.82. The molecule has 1 heterocycles.